The van der Waals surface area contributed by atoms with Crippen molar-refractivity contribution in [3.05, 3.63) is 0 Å². The van der Waals surface area contributed by atoms with Gasteiger partial charge in [0, 0.05) is 12.3 Å². The van der Waals surface area contributed by atoms with Crippen LogP contribution < -0.4 is 0 Å². The van der Waals surface area contributed by atoms with E-state index in [4.69, 9.17) is 0 Å². The van der Waals surface area contributed by atoms with Gasteiger partial charge in [-0.3, -0.25) is 4.79 Å². The van der Waals surface area contributed by atoms with Crippen LogP contribution >= 0.6 is 0 Å². The van der Waals surface area contributed by atoms with E-state index in [1.54, 1.807) is 0 Å². The van der Waals surface area contributed by atoms with Gasteiger partial charge in [0.05, 0.1) is 0 Å². The molecule has 1 unspecified atom stereocenters. The summed E-state index contributed by atoms with van der Waals surface area (Å²) in [6, 6.07) is 0. The van der Waals surface area contributed by atoms with Crippen LogP contribution in [0.4, 0.5) is 0 Å². The third-order valence-corrected chi connectivity index (χ3v) is 4.95. The molecule has 0 N–H and O–H groups in total. The number of unbranched alkanes of at least 4 members (excludes halogenated alkanes) is 1. The second kappa shape index (κ2) is 6.02. The molecule has 0 spiro atoms. The Kier molecular flexibility index (Phi) is 4.64. The number of carbonyl (C=O) groups is 1. The molecule has 0 heterocycles. The van der Waals surface area contributed by atoms with Gasteiger partial charge < -0.3 is 0 Å². The van der Waals surface area contributed by atoms with Crippen molar-refractivity contribution in [2.75, 3.05) is 0 Å². The standard InChI is InChI=1S/C16H28O/c1-12(2)6-3-4-7-13-10-11-15-14(13)8-5-9-16(15)17/h12-15H,3-11H2,1-2H3/t13-,14?,15+/m0/s1. The first-order valence-electron chi connectivity index (χ1n) is 7.71. The molecule has 0 bridgehead atoms. The average molecular weight is 236 g/mol. The van der Waals surface area contributed by atoms with Crippen LogP contribution in [0.25, 0.3) is 0 Å². The fourth-order valence-electron chi connectivity index (χ4n) is 4.00. The highest BCUT2D eigenvalue weighted by atomic mass is 16.1. The molecule has 0 aromatic heterocycles. The third kappa shape index (κ3) is 3.33. The van der Waals surface area contributed by atoms with E-state index in [2.05, 4.69) is 13.8 Å². The van der Waals surface area contributed by atoms with Gasteiger partial charge in [0.25, 0.3) is 0 Å². The van der Waals surface area contributed by atoms with Crippen molar-refractivity contribution >= 4 is 5.78 Å². The van der Waals surface area contributed by atoms with E-state index in [0.29, 0.717) is 11.7 Å². The highest BCUT2D eigenvalue weighted by Gasteiger charge is 2.41. The molecule has 1 heteroatoms. The molecule has 0 aromatic rings. The summed E-state index contributed by atoms with van der Waals surface area (Å²) in [5.41, 5.74) is 0. The van der Waals surface area contributed by atoms with E-state index in [1.807, 2.05) is 0 Å². The van der Waals surface area contributed by atoms with E-state index in [0.717, 1.165) is 24.2 Å². The fourth-order valence-corrected chi connectivity index (χ4v) is 4.00. The summed E-state index contributed by atoms with van der Waals surface area (Å²) in [4.78, 5) is 11.8. The Morgan fingerprint density at radius 2 is 2.00 bits per heavy atom. The molecular weight excluding hydrogens is 208 g/mol. The number of hydrogen-bond donors (Lipinski definition) is 0. The summed E-state index contributed by atoms with van der Waals surface area (Å²) in [6.07, 6.45) is 11.5. The van der Waals surface area contributed by atoms with Gasteiger partial charge in [0.15, 0.2) is 0 Å². The van der Waals surface area contributed by atoms with Crippen LogP contribution in [0.5, 0.6) is 0 Å². The molecule has 98 valence electrons. The Labute approximate surface area is 106 Å². The topological polar surface area (TPSA) is 17.1 Å². The summed E-state index contributed by atoms with van der Waals surface area (Å²) in [5.74, 6) is 3.57. The molecule has 2 fully saturated rings. The minimum atomic E-state index is 0.471. The van der Waals surface area contributed by atoms with Gasteiger partial charge >= 0.3 is 0 Å². The SMILES string of the molecule is CC(C)CCCC[C@H]1CC[C@H]2C(=O)CCCC12. The number of fused-ring (bicyclic) bond motifs is 1. The summed E-state index contributed by atoms with van der Waals surface area (Å²) in [7, 11) is 0. The first-order chi connectivity index (χ1) is 8.18. The maximum absolute atomic E-state index is 11.8. The summed E-state index contributed by atoms with van der Waals surface area (Å²) in [6.45, 7) is 4.62. The summed E-state index contributed by atoms with van der Waals surface area (Å²) >= 11 is 0. The Morgan fingerprint density at radius 1 is 1.18 bits per heavy atom. The van der Waals surface area contributed by atoms with E-state index in [1.165, 1.54) is 51.4 Å². The molecule has 17 heavy (non-hydrogen) atoms. The Bertz CT molecular complexity index is 256. The van der Waals surface area contributed by atoms with Gasteiger partial charge in [-0.25, -0.2) is 0 Å². The molecule has 0 amide bonds. The largest absolute Gasteiger partial charge is 0.299 e. The van der Waals surface area contributed by atoms with E-state index < -0.39 is 0 Å². The number of Topliss-reactive ketones (excluding diaryl/α,β-unsaturated/α-hetero) is 1. The van der Waals surface area contributed by atoms with E-state index in [-0.39, 0.29) is 0 Å². The van der Waals surface area contributed by atoms with Crippen molar-refractivity contribution in [2.45, 2.75) is 71.6 Å². The van der Waals surface area contributed by atoms with Crippen LogP contribution in [0, 0.1) is 23.7 Å². The lowest BCUT2D eigenvalue weighted by Gasteiger charge is -2.28. The molecule has 0 radical (unpaired) electrons. The number of ketones is 1. The molecule has 0 aromatic carbocycles. The highest BCUT2D eigenvalue weighted by Crippen LogP contribution is 2.46. The van der Waals surface area contributed by atoms with Crippen molar-refractivity contribution < 1.29 is 4.79 Å². The first-order valence-corrected chi connectivity index (χ1v) is 7.71. The van der Waals surface area contributed by atoms with Gasteiger partial charge in [0.2, 0.25) is 0 Å². The molecule has 2 rings (SSSR count). The molecule has 0 saturated heterocycles. The maximum Gasteiger partial charge on any atom is 0.136 e. The van der Waals surface area contributed by atoms with Gasteiger partial charge in [-0.2, -0.15) is 0 Å². The van der Waals surface area contributed by atoms with Crippen LogP contribution in [0.15, 0.2) is 0 Å². The average Bonchev–Trinajstić information content (AvgIpc) is 2.69. The minimum Gasteiger partial charge on any atom is -0.299 e. The van der Waals surface area contributed by atoms with Crippen LogP contribution in [-0.2, 0) is 4.79 Å². The molecule has 2 aliphatic carbocycles. The van der Waals surface area contributed by atoms with Crippen molar-refractivity contribution in [1.82, 2.24) is 0 Å². The predicted octanol–water partition coefficient (Wildman–Crippen LogP) is 4.60. The smallest absolute Gasteiger partial charge is 0.136 e. The Balaban J connectivity index is 1.73. The highest BCUT2D eigenvalue weighted by molar-refractivity contribution is 5.82. The maximum atomic E-state index is 11.8. The van der Waals surface area contributed by atoms with E-state index in [9.17, 15) is 4.79 Å². The van der Waals surface area contributed by atoms with Crippen molar-refractivity contribution in [3.8, 4) is 0 Å². The predicted molar refractivity (Wildman–Crippen MR) is 71.9 cm³/mol. The molecule has 3 atom stereocenters. The second-order valence-corrected chi connectivity index (χ2v) is 6.64. The lowest BCUT2D eigenvalue weighted by molar-refractivity contribution is -0.126. The van der Waals surface area contributed by atoms with Crippen molar-refractivity contribution in [1.29, 1.82) is 0 Å². The zero-order valence-electron chi connectivity index (χ0n) is 11.6. The molecule has 1 nitrogen and oxygen atoms in total. The fraction of sp³-hybridized carbons (Fsp3) is 0.938. The Morgan fingerprint density at radius 3 is 2.76 bits per heavy atom. The summed E-state index contributed by atoms with van der Waals surface area (Å²) in [5, 5.41) is 0. The molecular formula is C16H28O. The van der Waals surface area contributed by atoms with Crippen LogP contribution in [0.2, 0.25) is 0 Å². The third-order valence-electron chi connectivity index (χ3n) is 4.95. The molecule has 0 aliphatic heterocycles. The van der Waals surface area contributed by atoms with Gasteiger partial charge in [-0.05, 0) is 43.4 Å². The zero-order chi connectivity index (χ0) is 12.3. The van der Waals surface area contributed by atoms with Gasteiger partial charge in [0.1, 0.15) is 5.78 Å². The lowest BCUT2D eigenvalue weighted by atomic mass is 9.76. The van der Waals surface area contributed by atoms with Crippen molar-refractivity contribution in [3.63, 3.8) is 0 Å². The molecule has 2 aliphatic rings. The number of hydrogen-bond acceptors (Lipinski definition) is 1. The lowest BCUT2D eigenvalue weighted by Crippen LogP contribution is -2.27. The second-order valence-electron chi connectivity index (χ2n) is 6.64. The first kappa shape index (κ1) is 13.1. The van der Waals surface area contributed by atoms with Gasteiger partial charge in [-0.1, -0.05) is 39.5 Å². The van der Waals surface area contributed by atoms with Crippen LogP contribution in [0.3, 0.4) is 0 Å². The van der Waals surface area contributed by atoms with Crippen LogP contribution in [0.1, 0.15) is 71.6 Å². The quantitative estimate of drug-likeness (QED) is 0.638. The summed E-state index contributed by atoms with van der Waals surface area (Å²) < 4.78 is 0. The number of carbonyl (C=O) groups excluding carboxylic acids is 1. The normalized spacial score (nSPS) is 33.1. The zero-order valence-corrected chi connectivity index (χ0v) is 11.6. The minimum absolute atomic E-state index is 0.471. The molecule has 2 saturated carbocycles. The monoisotopic (exact) mass is 236 g/mol. The number of rotatable bonds is 5. The Hall–Kier alpha value is -0.330. The van der Waals surface area contributed by atoms with Gasteiger partial charge in [-0.15, -0.1) is 0 Å². The van der Waals surface area contributed by atoms with E-state index >= 15 is 0 Å². The van der Waals surface area contributed by atoms with Crippen molar-refractivity contribution in [2.24, 2.45) is 23.7 Å². The van der Waals surface area contributed by atoms with Crippen LogP contribution in [-0.4, -0.2) is 5.78 Å².